The van der Waals surface area contributed by atoms with Crippen LogP contribution in [0.3, 0.4) is 0 Å². The molecule has 0 spiro atoms. The van der Waals surface area contributed by atoms with Crippen molar-refractivity contribution in [3.63, 3.8) is 0 Å². The zero-order valence-corrected chi connectivity index (χ0v) is 20.1. The number of fused-ring (bicyclic) bond motifs is 3. The summed E-state index contributed by atoms with van der Waals surface area (Å²) in [4.78, 5) is 37.5. The Balaban J connectivity index is 1.56. The predicted molar refractivity (Wildman–Crippen MR) is 130 cm³/mol. The van der Waals surface area contributed by atoms with E-state index >= 15 is 0 Å². The Kier molecular flexibility index (Phi) is 7.76. The first kappa shape index (κ1) is 25.0. The number of carbonyl (C=O) groups is 3. The number of carboxylic acid groups (broad SMARTS) is 1. The van der Waals surface area contributed by atoms with E-state index in [1.165, 1.54) is 4.90 Å². The SMILES string of the molecule is C/C(=C\CNC(=O)OCC1c2ccccc2-c2ccccc21)C(=O)N(CC(=O)O)CC(C)(C)C. The van der Waals surface area contributed by atoms with Crippen LogP contribution in [0.5, 0.6) is 0 Å². The van der Waals surface area contributed by atoms with Gasteiger partial charge in [0.25, 0.3) is 0 Å². The molecule has 0 aromatic heterocycles. The van der Waals surface area contributed by atoms with Gasteiger partial charge >= 0.3 is 12.1 Å². The molecule has 2 N–H and O–H groups in total. The Morgan fingerprint density at radius 2 is 1.59 bits per heavy atom. The number of ether oxygens (including phenoxy) is 1. The molecule has 7 heteroatoms. The predicted octanol–water partition coefficient (Wildman–Crippen LogP) is 4.43. The standard InChI is InChI=1S/C27H32N2O5/c1-18(25(32)29(15-24(30)31)17-27(2,3)4)13-14-28-26(33)34-16-23-21-11-7-5-9-19(21)20-10-6-8-12-22(20)23/h5-13,23H,14-17H2,1-4H3,(H,28,33)(H,30,31)/b18-13+. The highest BCUT2D eigenvalue weighted by Gasteiger charge is 2.29. The number of nitrogens with zero attached hydrogens (tertiary/aromatic N) is 1. The molecular weight excluding hydrogens is 432 g/mol. The van der Waals surface area contributed by atoms with Crippen LogP contribution in [0.1, 0.15) is 44.7 Å². The normalized spacial score (nSPS) is 13.1. The van der Waals surface area contributed by atoms with Gasteiger partial charge in [-0.05, 0) is 34.6 Å². The van der Waals surface area contributed by atoms with Gasteiger partial charge in [0.05, 0.1) is 0 Å². The lowest BCUT2D eigenvalue weighted by molar-refractivity contribution is -0.143. The topological polar surface area (TPSA) is 95.9 Å². The number of rotatable bonds is 8. The Bertz CT molecular complexity index is 1050. The van der Waals surface area contributed by atoms with Gasteiger partial charge in [-0.3, -0.25) is 9.59 Å². The average Bonchev–Trinajstić information content (AvgIpc) is 3.09. The Morgan fingerprint density at radius 1 is 1.03 bits per heavy atom. The molecule has 0 saturated carbocycles. The molecule has 1 aliphatic rings. The number of carbonyl (C=O) groups excluding carboxylic acids is 2. The molecule has 0 atom stereocenters. The lowest BCUT2D eigenvalue weighted by Gasteiger charge is -2.29. The number of aliphatic carboxylic acids is 1. The lowest BCUT2D eigenvalue weighted by atomic mass is 9.95. The van der Waals surface area contributed by atoms with E-state index in [0.717, 1.165) is 22.3 Å². The van der Waals surface area contributed by atoms with E-state index in [0.29, 0.717) is 12.1 Å². The van der Waals surface area contributed by atoms with Crippen molar-refractivity contribution in [2.75, 3.05) is 26.2 Å². The van der Waals surface area contributed by atoms with Crippen LogP contribution in [0.15, 0.2) is 60.2 Å². The maximum Gasteiger partial charge on any atom is 0.407 e. The minimum atomic E-state index is -1.07. The van der Waals surface area contributed by atoms with Gasteiger partial charge in [-0.15, -0.1) is 0 Å². The number of amides is 2. The second-order valence-corrected chi connectivity index (χ2v) is 9.71. The summed E-state index contributed by atoms with van der Waals surface area (Å²) in [6.07, 6.45) is 0.997. The summed E-state index contributed by atoms with van der Waals surface area (Å²) in [6.45, 7) is 7.67. The number of carboxylic acids is 1. The third-order valence-corrected chi connectivity index (χ3v) is 5.61. The Morgan fingerprint density at radius 3 is 2.12 bits per heavy atom. The van der Waals surface area contributed by atoms with Crippen LogP contribution in [0.4, 0.5) is 4.79 Å². The van der Waals surface area contributed by atoms with Gasteiger partial charge in [0.1, 0.15) is 13.2 Å². The number of alkyl carbamates (subject to hydrolysis) is 1. The molecular formula is C27H32N2O5. The fourth-order valence-electron chi connectivity index (χ4n) is 4.21. The van der Waals surface area contributed by atoms with E-state index in [-0.39, 0.29) is 36.9 Å². The minimum Gasteiger partial charge on any atom is -0.480 e. The first-order valence-corrected chi connectivity index (χ1v) is 11.3. The Hall–Kier alpha value is -3.61. The molecule has 0 bridgehead atoms. The van der Waals surface area contributed by atoms with Crippen molar-refractivity contribution in [3.05, 3.63) is 71.3 Å². The molecule has 3 rings (SSSR count). The summed E-state index contributed by atoms with van der Waals surface area (Å²) >= 11 is 0. The number of nitrogens with one attached hydrogen (secondary N) is 1. The van der Waals surface area contributed by atoms with Crippen LogP contribution in [-0.2, 0) is 14.3 Å². The molecule has 0 fully saturated rings. The summed E-state index contributed by atoms with van der Waals surface area (Å²) in [6, 6.07) is 16.2. The fraction of sp³-hybridized carbons (Fsp3) is 0.370. The van der Waals surface area contributed by atoms with Crippen molar-refractivity contribution in [1.82, 2.24) is 10.2 Å². The molecule has 2 aromatic carbocycles. The largest absolute Gasteiger partial charge is 0.480 e. The van der Waals surface area contributed by atoms with Gasteiger partial charge < -0.3 is 20.1 Å². The molecule has 0 unspecified atom stereocenters. The van der Waals surface area contributed by atoms with Crippen LogP contribution >= 0.6 is 0 Å². The van der Waals surface area contributed by atoms with E-state index in [4.69, 9.17) is 9.84 Å². The number of hydrogen-bond donors (Lipinski definition) is 2. The minimum absolute atomic E-state index is 0.0287. The third kappa shape index (κ3) is 6.25. The molecule has 2 amide bonds. The van der Waals surface area contributed by atoms with Crippen LogP contribution < -0.4 is 5.32 Å². The van der Waals surface area contributed by atoms with Crippen molar-refractivity contribution in [2.24, 2.45) is 5.41 Å². The van der Waals surface area contributed by atoms with E-state index in [2.05, 4.69) is 29.6 Å². The zero-order valence-electron chi connectivity index (χ0n) is 20.1. The third-order valence-electron chi connectivity index (χ3n) is 5.61. The first-order valence-electron chi connectivity index (χ1n) is 11.3. The lowest BCUT2D eigenvalue weighted by Crippen LogP contribution is -2.41. The molecule has 0 saturated heterocycles. The summed E-state index contributed by atoms with van der Waals surface area (Å²) < 4.78 is 5.50. The van der Waals surface area contributed by atoms with Gasteiger partial charge in [0.2, 0.25) is 5.91 Å². The smallest absolute Gasteiger partial charge is 0.407 e. The highest BCUT2D eigenvalue weighted by molar-refractivity contribution is 5.94. The monoisotopic (exact) mass is 464 g/mol. The van der Waals surface area contributed by atoms with Crippen molar-refractivity contribution < 1.29 is 24.2 Å². The van der Waals surface area contributed by atoms with E-state index < -0.39 is 12.1 Å². The number of hydrogen-bond acceptors (Lipinski definition) is 4. The summed E-state index contributed by atoms with van der Waals surface area (Å²) in [5, 5.41) is 11.8. The average molecular weight is 465 g/mol. The molecule has 180 valence electrons. The van der Waals surface area contributed by atoms with Crippen molar-refractivity contribution in [1.29, 1.82) is 0 Å². The molecule has 7 nitrogen and oxygen atoms in total. The molecule has 34 heavy (non-hydrogen) atoms. The van der Waals surface area contributed by atoms with Crippen molar-refractivity contribution >= 4 is 18.0 Å². The molecule has 2 aromatic rings. The molecule has 1 aliphatic carbocycles. The summed E-state index contributed by atoms with van der Waals surface area (Å²) in [7, 11) is 0. The van der Waals surface area contributed by atoms with Gasteiger partial charge in [-0.2, -0.15) is 0 Å². The maximum atomic E-state index is 12.7. The van der Waals surface area contributed by atoms with Gasteiger partial charge in [0.15, 0.2) is 0 Å². The summed E-state index contributed by atoms with van der Waals surface area (Å²) in [5.41, 5.74) is 4.70. The van der Waals surface area contributed by atoms with Crippen molar-refractivity contribution in [2.45, 2.75) is 33.6 Å². The van der Waals surface area contributed by atoms with Crippen molar-refractivity contribution in [3.8, 4) is 11.1 Å². The fourth-order valence-corrected chi connectivity index (χ4v) is 4.21. The van der Waals surface area contributed by atoms with Gasteiger partial charge in [-0.25, -0.2) is 4.79 Å². The maximum absolute atomic E-state index is 12.7. The Labute approximate surface area is 200 Å². The molecule has 0 radical (unpaired) electrons. The second-order valence-electron chi connectivity index (χ2n) is 9.71. The molecule has 0 aliphatic heterocycles. The van der Waals surface area contributed by atoms with Gasteiger partial charge in [0, 0.05) is 24.6 Å². The summed E-state index contributed by atoms with van der Waals surface area (Å²) in [5.74, 6) is -1.46. The second kappa shape index (κ2) is 10.5. The highest BCUT2D eigenvalue weighted by Crippen LogP contribution is 2.44. The van der Waals surface area contributed by atoms with Crippen LogP contribution in [0.2, 0.25) is 0 Å². The first-order chi connectivity index (χ1) is 16.1. The zero-order chi connectivity index (χ0) is 24.9. The van der Waals surface area contributed by atoms with Crippen LogP contribution in [-0.4, -0.2) is 54.2 Å². The van der Waals surface area contributed by atoms with E-state index in [9.17, 15) is 14.4 Å². The van der Waals surface area contributed by atoms with E-state index in [1.54, 1.807) is 13.0 Å². The quantitative estimate of drug-likeness (QED) is 0.564. The van der Waals surface area contributed by atoms with Crippen LogP contribution in [0, 0.1) is 5.41 Å². The van der Waals surface area contributed by atoms with E-state index in [1.807, 2.05) is 45.0 Å². The molecule has 0 heterocycles. The van der Waals surface area contributed by atoms with Gasteiger partial charge in [-0.1, -0.05) is 75.4 Å². The van der Waals surface area contributed by atoms with Crippen LogP contribution in [0.25, 0.3) is 11.1 Å². The highest BCUT2D eigenvalue weighted by atomic mass is 16.5. The number of benzene rings is 2.